The van der Waals surface area contributed by atoms with Crippen molar-refractivity contribution < 1.29 is 4.79 Å². The number of imidazole rings is 1. The predicted octanol–water partition coefficient (Wildman–Crippen LogP) is 1.25. The summed E-state index contributed by atoms with van der Waals surface area (Å²) >= 11 is 0. The molecular weight excluding hydrogens is 244 g/mol. The highest BCUT2D eigenvalue weighted by atomic mass is 16.2. The lowest BCUT2D eigenvalue weighted by Gasteiger charge is -2.16. The van der Waals surface area contributed by atoms with Gasteiger partial charge in [0.1, 0.15) is 11.8 Å². The molecule has 1 amide bonds. The number of H-pyrrole nitrogens is 1. The number of rotatable bonds is 1. The first-order valence-corrected chi connectivity index (χ1v) is 6.40. The Hall–Kier alpha value is -2.31. The fourth-order valence-electron chi connectivity index (χ4n) is 2.77. The Kier molecular flexibility index (Phi) is 2.14. The first-order chi connectivity index (χ1) is 9.34. The third-order valence-corrected chi connectivity index (χ3v) is 3.72. The van der Waals surface area contributed by atoms with E-state index in [9.17, 15) is 4.79 Å². The van der Waals surface area contributed by atoms with Crippen LogP contribution < -0.4 is 5.01 Å². The molecule has 0 spiro atoms. The van der Waals surface area contributed by atoms with Crippen LogP contribution >= 0.6 is 0 Å². The molecule has 7 nitrogen and oxygen atoms in total. The zero-order valence-electron chi connectivity index (χ0n) is 10.2. The van der Waals surface area contributed by atoms with Gasteiger partial charge in [0, 0.05) is 0 Å². The van der Waals surface area contributed by atoms with Crippen LogP contribution in [0.4, 0.5) is 5.82 Å². The van der Waals surface area contributed by atoms with Gasteiger partial charge in [0.15, 0.2) is 11.5 Å². The third kappa shape index (κ3) is 1.47. The molecule has 1 N–H and O–H groups in total. The van der Waals surface area contributed by atoms with Gasteiger partial charge in [-0.3, -0.25) is 4.79 Å². The second-order valence-corrected chi connectivity index (χ2v) is 4.84. The maximum absolute atomic E-state index is 12.4. The van der Waals surface area contributed by atoms with Gasteiger partial charge in [0.05, 0.1) is 18.0 Å². The number of aromatic nitrogens is 4. The Morgan fingerprint density at radius 3 is 3.11 bits per heavy atom. The number of aromatic amines is 1. The number of hydrazone groups is 1. The SMILES string of the molecule is O=C1C2CCCCC2=NN1c1ncnc2nc[nH]c12. The molecular formula is C12H12N6O. The summed E-state index contributed by atoms with van der Waals surface area (Å²) in [7, 11) is 0. The van der Waals surface area contributed by atoms with E-state index < -0.39 is 0 Å². The normalized spacial score (nSPS) is 22.7. The smallest absolute Gasteiger partial charge is 0.257 e. The van der Waals surface area contributed by atoms with E-state index in [1.54, 1.807) is 6.33 Å². The number of carbonyl (C=O) groups is 1. The van der Waals surface area contributed by atoms with Crippen LogP contribution in [-0.2, 0) is 4.79 Å². The van der Waals surface area contributed by atoms with Gasteiger partial charge in [0.2, 0.25) is 0 Å². The second kappa shape index (κ2) is 3.84. The fraction of sp³-hybridized carbons (Fsp3) is 0.417. The Bertz CT molecular complexity index is 690. The quantitative estimate of drug-likeness (QED) is 0.831. The molecule has 0 aromatic carbocycles. The van der Waals surface area contributed by atoms with Gasteiger partial charge in [0.25, 0.3) is 5.91 Å². The van der Waals surface area contributed by atoms with Crippen LogP contribution in [0.3, 0.4) is 0 Å². The van der Waals surface area contributed by atoms with E-state index in [1.807, 2.05) is 0 Å². The molecule has 2 aromatic rings. The molecule has 3 heterocycles. The van der Waals surface area contributed by atoms with E-state index in [2.05, 4.69) is 25.0 Å². The lowest BCUT2D eigenvalue weighted by Crippen LogP contribution is -2.29. The number of amides is 1. The molecule has 0 bridgehead atoms. The molecule has 2 aromatic heterocycles. The lowest BCUT2D eigenvalue weighted by atomic mass is 9.87. The van der Waals surface area contributed by atoms with Crippen molar-refractivity contribution in [3.8, 4) is 0 Å². The molecule has 96 valence electrons. The fourth-order valence-corrected chi connectivity index (χ4v) is 2.77. The summed E-state index contributed by atoms with van der Waals surface area (Å²) in [4.78, 5) is 27.7. The van der Waals surface area contributed by atoms with Gasteiger partial charge in [-0.1, -0.05) is 6.42 Å². The lowest BCUT2D eigenvalue weighted by molar-refractivity contribution is -0.120. The maximum Gasteiger partial charge on any atom is 0.257 e. The molecule has 2 aliphatic rings. The van der Waals surface area contributed by atoms with E-state index in [0.29, 0.717) is 17.0 Å². The van der Waals surface area contributed by atoms with Crippen molar-refractivity contribution >= 4 is 28.6 Å². The van der Waals surface area contributed by atoms with Crippen molar-refractivity contribution in [1.82, 2.24) is 19.9 Å². The summed E-state index contributed by atoms with van der Waals surface area (Å²) in [5, 5.41) is 5.86. The van der Waals surface area contributed by atoms with Gasteiger partial charge in [-0.05, 0) is 19.3 Å². The summed E-state index contributed by atoms with van der Waals surface area (Å²) in [5.74, 6) is 0.459. The Labute approximate surface area is 108 Å². The van der Waals surface area contributed by atoms with Gasteiger partial charge >= 0.3 is 0 Å². The summed E-state index contributed by atoms with van der Waals surface area (Å²) in [6, 6.07) is 0. The molecule has 1 fully saturated rings. The third-order valence-electron chi connectivity index (χ3n) is 3.72. The number of hydrogen-bond acceptors (Lipinski definition) is 5. The molecule has 4 rings (SSSR count). The summed E-state index contributed by atoms with van der Waals surface area (Å²) < 4.78 is 0. The van der Waals surface area contributed by atoms with Crippen molar-refractivity contribution in [3.63, 3.8) is 0 Å². The molecule has 1 atom stereocenters. The van der Waals surface area contributed by atoms with Crippen LogP contribution in [-0.4, -0.2) is 31.6 Å². The number of nitrogens with one attached hydrogen (secondary N) is 1. The van der Waals surface area contributed by atoms with Gasteiger partial charge < -0.3 is 4.98 Å². The number of nitrogens with zero attached hydrogens (tertiary/aromatic N) is 5. The molecule has 0 saturated heterocycles. The van der Waals surface area contributed by atoms with E-state index in [-0.39, 0.29) is 11.8 Å². The number of hydrogen-bond donors (Lipinski definition) is 1. The number of anilines is 1. The van der Waals surface area contributed by atoms with Crippen molar-refractivity contribution in [2.45, 2.75) is 25.7 Å². The van der Waals surface area contributed by atoms with Crippen molar-refractivity contribution in [1.29, 1.82) is 0 Å². The molecule has 7 heteroatoms. The van der Waals surface area contributed by atoms with Crippen LogP contribution in [0.15, 0.2) is 17.8 Å². The van der Waals surface area contributed by atoms with Crippen LogP contribution in [0.25, 0.3) is 11.2 Å². The standard InChI is InChI=1S/C12H12N6O/c19-12-7-3-1-2-4-8(7)17-18(12)11-9-10(14-5-13-9)15-6-16-11/h5-7H,1-4H2,(H,13,14,15,16). The molecule has 1 unspecified atom stereocenters. The summed E-state index contributed by atoms with van der Waals surface area (Å²) in [6.45, 7) is 0. The zero-order valence-corrected chi connectivity index (χ0v) is 10.2. The van der Waals surface area contributed by atoms with E-state index in [0.717, 1.165) is 31.4 Å². The number of carbonyl (C=O) groups excluding carboxylic acids is 1. The highest BCUT2D eigenvalue weighted by Crippen LogP contribution is 2.32. The summed E-state index contributed by atoms with van der Waals surface area (Å²) in [6.07, 6.45) is 6.96. The van der Waals surface area contributed by atoms with Crippen molar-refractivity contribution in [2.75, 3.05) is 5.01 Å². The first kappa shape index (κ1) is 10.6. The molecule has 19 heavy (non-hydrogen) atoms. The van der Waals surface area contributed by atoms with E-state index in [4.69, 9.17) is 0 Å². The molecule has 0 radical (unpaired) electrons. The Morgan fingerprint density at radius 1 is 1.26 bits per heavy atom. The monoisotopic (exact) mass is 256 g/mol. The number of fused-ring (bicyclic) bond motifs is 2. The van der Waals surface area contributed by atoms with E-state index >= 15 is 0 Å². The average Bonchev–Trinajstić information content (AvgIpc) is 3.04. The summed E-state index contributed by atoms with van der Waals surface area (Å²) in [5.41, 5.74) is 2.19. The van der Waals surface area contributed by atoms with E-state index in [1.165, 1.54) is 11.3 Å². The molecule has 1 aliphatic carbocycles. The minimum Gasteiger partial charge on any atom is -0.340 e. The minimum absolute atomic E-state index is 0.0179. The largest absolute Gasteiger partial charge is 0.340 e. The highest BCUT2D eigenvalue weighted by Gasteiger charge is 2.39. The van der Waals surface area contributed by atoms with Crippen LogP contribution in [0, 0.1) is 5.92 Å². The predicted molar refractivity (Wildman–Crippen MR) is 68.6 cm³/mol. The van der Waals surface area contributed by atoms with Crippen LogP contribution in [0.2, 0.25) is 0 Å². The first-order valence-electron chi connectivity index (χ1n) is 6.40. The Morgan fingerprint density at radius 2 is 2.21 bits per heavy atom. The minimum atomic E-state index is -0.0540. The highest BCUT2D eigenvalue weighted by molar-refractivity contribution is 6.16. The van der Waals surface area contributed by atoms with Crippen molar-refractivity contribution in [3.05, 3.63) is 12.7 Å². The molecule has 1 aliphatic heterocycles. The zero-order chi connectivity index (χ0) is 12.8. The van der Waals surface area contributed by atoms with Gasteiger partial charge in [-0.2, -0.15) is 10.1 Å². The second-order valence-electron chi connectivity index (χ2n) is 4.84. The van der Waals surface area contributed by atoms with Gasteiger partial charge in [-0.25, -0.2) is 15.0 Å². The van der Waals surface area contributed by atoms with Gasteiger partial charge in [-0.15, -0.1) is 0 Å². The maximum atomic E-state index is 12.4. The Balaban J connectivity index is 1.82. The van der Waals surface area contributed by atoms with Crippen LogP contribution in [0.1, 0.15) is 25.7 Å². The van der Waals surface area contributed by atoms with Crippen LogP contribution in [0.5, 0.6) is 0 Å². The van der Waals surface area contributed by atoms with Crippen molar-refractivity contribution in [2.24, 2.45) is 11.0 Å². The topological polar surface area (TPSA) is 87.1 Å². The molecule has 1 saturated carbocycles. The average molecular weight is 256 g/mol.